The molecule has 0 fully saturated rings. The van der Waals surface area contributed by atoms with Gasteiger partial charge >= 0.3 is 0 Å². The van der Waals surface area contributed by atoms with Crippen LogP contribution < -0.4 is 0 Å². The molecule has 8 aromatic carbocycles. The van der Waals surface area contributed by atoms with Gasteiger partial charge in [-0.1, -0.05) is 140 Å². The van der Waals surface area contributed by atoms with E-state index >= 15 is 0 Å². The van der Waals surface area contributed by atoms with Crippen LogP contribution in [-0.2, 0) is 0 Å². The summed E-state index contributed by atoms with van der Waals surface area (Å²) >= 11 is 0. The Morgan fingerprint density at radius 2 is 0.912 bits per heavy atom. The van der Waals surface area contributed by atoms with Crippen molar-refractivity contribution in [2.24, 2.45) is 0 Å². The van der Waals surface area contributed by atoms with Gasteiger partial charge in [0.2, 0.25) is 5.95 Å². The minimum atomic E-state index is 0.552. The number of hydrogen-bond donors (Lipinski definition) is 0. The third kappa shape index (κ3) is 4.87. The number of furan rings is 1. The van der Waals surface area contributed by atoms with Crippen LogP contribution in [0.2, 0.25) is 0 Å². The van der Waals surface area contributed by atoms with Gasteiger partial charge in [0.15, 0.2) is 11.6 Å². The molecule has 266 valence electrons. The summed E-state index contributed by atoms with van der Waals surface area (Å²) in [5.41, 5.74) is 11.1. The van der Waals surface area contributed by atoms with E-state index in [9.17, 15) is 0 Å². The third-order valence-corrected chi connectivity index (χ3v) is 11.2. The fraction of sp³-hybridized carbons (Fsp3) is 0. The summed E-state index contributed by atoms with van der Waals surface area (Å²) < 4.78 is 11.2. The molecule has 0 aliphatic rings. The van der Waals surface area contributed by atoms with Crippen LogP contribution in [0.25, 0.3) is 111 Å². The average molecular weight is 730 g/mol. The molecule has 6 heteroatoms. The molecular weight excluding hydrogens is 699 g/mol. The van der Waals surface area contributed by atoms with Gasteiger partial charge < -0.3 is 8.98 Å². The summed E-state index contributed by atoms with van der Waals surface area (Å²) in [5.74, 6) is 1.71. The predicted molar refractivity (Wildman–Crippen MR) is 232 cm³/mol. The Bertz CT molecular complexity index is 3450. The van der Waals surface area contributed by atoms with Gasteiger partial charge in [-0.2, -0.15) is 9.97 Å². The highest BCUT2D eigenvalue weighted by molar-refractivity contribution is 6.19. The van der Waals surface area contributed by atoms with Crippen LogP contribution in [0.15, 0.2) is 192 Å². The zero-order valence-corrected chi connectivity index (χ0v) is 30.5. The summed E-state index contributed by atoms with van der Waals surface area (Å²) in [7, 11) is 0. The van der Waals surface area contributed by atoms with Crippen LogP contribution >= 0.6 is 0 Å². The van der Waals surface area contributed by atoms with E-state index < -0.39 is 0 Å². The summed E-state index contributed by atoms with van der Waals surface area (Å²) in [6.07, 6.45) is 0. The van der Waals surface area contributed by atoms with Gasteiger partial charge in [-0.3, -0.25) is 4.57 Å². The van der Waals surface area contributed by atoms with Crippen LogP contribution in [0.1, 0.15) is 0 Å². The molecule has 0 amide bonds. The molecule has 57 heavy (non-hydrogen) atoms. The van der Waals surface area contributed by atoms with Gasteiger partial charge in [-0.05, 0) is 59.7 Å². The highest BCUT2D eigenvalue weighted by Gasteiger charge is 2.22. The van der Waals surface area contributed by atoms with E-state index in [1.54, 1.807) is 0 Å². The molecule has 12 rings (SSSR count). The first-order chi connectivity index (χ1) is 28.3. The summed E-state index contributed by atoms with van der Waals surface area (Å²) in [5, 5.41) is 6.56. The molecule has 4 heterocycles. The number of hydrogen-bond acceptors (Lipinski definition) is 4. The molecular formula is C51H31N5O. The lowest BCUT2D eigenvalue weighted by atomic mass is 10.0. The molecule has 0 saturated carbocycles. The maximum atomic E-state index is 6.69. The lowest BCUT2D eigenvalue weighted by molar-refractivity contribution is 0.669. The average Bonchev–Trinajstić information content (AvgIpc) is 3.93. The largest absolute Gasteiger partial charge is 0.456 e. The number of fused-ring (bicyclic) bond motifs is 9. The van der Waals surface area contributed by atoms with Crippen molar-refractivity contribution >= 4 is 65.6 Å². The van der Waals surface area contributed by atoms with E-state index in [1.807, 2.05) is 18.2 Å². The van der Waals surface area contributed by atoms with Crippen molar-refractivity contribution in [2.75, 3.05) is 0 Å². The van der Waals surface area contributed by atoms with E-state index in [2.05, 4.69) is 179 Å². The molecule has 6 nitrogen and oxygen atoms in total. The fourth-order valence-electron chi connectivity index (χ4n) is 8.62. The van der Waals surface area contributed by atoms with Crippen molar-refractivity contribution in [1.29, 1.82) is 0 Å². The van der Waals surface area contributed by atoms with Crippen molar-refractivity contribution in [3.05, 3.63) is 188 Å². The molecule has 0 saturated heterocycles. The molecule has 0 radical (unpaired) electrons. The van der Waals surface area contributed by atoms with E-state index in [-0.39, 0.29) is 0 Å². The Labute approximate surface area is 326 Å². The van der Waals surface area contributed by atoms with E-state index in [4.69, 9.17) is 19.4 Å². The van der Waals surface area contributed by atoms with Gasteiger partial charge in [0, 0.05) is 49.1 Å². The molecule has 0 unspecified atom stereocenters. The van der Waals surface area contributed by atoms with Crippen molar-refractivity contribution in [3.8, 4) is 45.5 Å². The first kappa shape index (κ1) is 31.5. The van der Waals surface area contributed by atoms with E-state index in [1.165, 1.54) is 5.39 Å². The Hall–Kier alpha value is -7.83. The maximum Gasteiger partial charge on any atom is 0.238 e. The molecule has 0 bridgehead atoms. The second kappa shape index (κ2) is 12.3. The monoisotopic (exact) mass is 729 g/mol. The lowest BCUT2D eigenvalue weighted by Gasteiger charge is -2.12. The number of aromatic nitrogens is 5. The number of benzene rings is 8. The fourth-order valence-corrected chi connectivity index (χ4v) is 8.62. The van der Waals surface area contributed by atoms with Crippen LogP contribution in [0, 0.1) is 0 Å². The van der Waals surface area contributed by atoms with E-state index in [0.717, 1.165) is 88.1 Å². The van der Waals surface area contributed by atoms with Gasteiger partial charge in [0.25, 0.3) is 0 Å². The molecule has 0 aliphatic carbocycles. The SMILES string of the molecule is c1ccc(-c2ccc(-c3nc(-c4cccc5oc6cc7c8ccccc8n(-c8ccccc8)c7cc6c45)nc(-n4c5ccccc5c5ccccc54)n3)cc2)cc1. The normalized spacial score (nSPS) is 11.9. The topological polar surface area (TPSA) is 61.7 Å². The van der Waals surface area contributed by atoms with Crippen LogP contribution in [0.5, 0.6) is 0 Å². The summed E-state index contributed by atoms with van der Waals surface area (Å²) in [4.78, 5) is 15.8. The Balaban J connectivity index is 1.13. The minimum absolute atomic E-state index is 0.552. The lowest BCUT2D eigenvalue weighted by Crippen LogP contribution is -2.06. The molecule has 0 aliphatic heterocycles. The standard InChI is InChI=1S/C51H31N5O/c1-3-14-32(15-4-1)33-26-28-34(29-27-33)49-52-50(54-51(53-49)56-43-23-11-7-18-36(43)37-19-8-12-24-44(37)56)39-21-13-25-46-48(39)41-30-45-40(31-47(41)57-46)38-20-9-10-22-42(38)55(45)35-16-5-2-6-17-35/h1-31H. The maximum absolute atomic E-state index is 6.69. The molecule has 12 aromatic rings. The van der Waals surface area contributed by atoms with E-state index in [0.29, 0.717) is 17.6 Å². The number of rotatable bonds is 5. The Kier molecular flexibility index (Phi) is 6.83. The Morgan fingerprint density at radius 3 is 1.61 bits per heavy atom. The van der Waals surface area contributed by atoms with Gasteiger partial charge in [0.1, 0.15) is 11.2 Å². The zero-order chi connectivity index (χ0) is 37.5. The second-order valence-electron chi connectivity index (χ2n) is 14.4. The van der Waals surface area contributed by atoms with Crippen molar-refractivity contribution < 1.29 is 4.42 Å². The van der Waals surface area contributed by atoms with Gasteiger partial charge in [-0.25, -0.2) is 4.98 Å². The molecule has 0 N–H and O–H groups in total. The molecule has 4 aromatic heterocycles. The highest BCUT2D eigenvalue weighted by atomic mass is 16.3. The number of para-hydroxylation sites is 4. The quantitative estimate of drug-likeness (QED) is 0.177. The third-order valence-electron chi connectivity index (χ3n) is 11.2. The molecule has 0 spiro atoms. The second-order valence-corrected chi connectivity index (χ2v) is 14.4. The van der Waals surface area contributed by atoms with Crippen molar-refractivity contribution in [1.82, 2.24) is 24.1 Å². The first-order valence-corrected chi connectivity index (χ1v) is 19.1. The first-order valence-electron chi connectivity index (χ1n) is 19.1. The van der Waals surface area contributed by atoms with Crippen LogP contribution in [0.3, 0.4) is 0 Å². The summed E-state index contributed by atoms with van der Waals surface area (Å²) in [6.45, 7) is 0. The zero-order valence-electron chi connectivity index (χ0n) is 30.5. The predicted octanol–water partition coefficient (Wildman–Crippen LogP) is 13.0. The highest BCUT2D eigenvalue weighted by Crippen LogP contribution is 2.41. The summed E-state index contributed by atoms with van der Waals surface area (Å²) in [6, 6.07) is 65.5. The van der Waals surface area contributed by atoms with Crippen molar-refractivity contribution in [2.45, 2.75) is 0 Å². The van der Waals surface area contributed by atoms with Crippen LogP contribution in [-0.4, -0.2) is 24.1 Å². The Morgan fingerprint density at radius 1 is 0.351 bits per heavy atom. The van der Waals surface area contributed by atoms with Crippen molar-refractivity contribution in [3.63, 3.8) is 0 Å². The van der Waals surface area contributed by atoms with Crippen LogP contribution in [0.4, 0.5) is 0 Å². The molecule has 0 atom stereocenters. The minimum Gasteiger partial charge on any atom is -0.456 e. The number of nitrogens with zero attached hydrogens (tertiary/aromatic N) is 5. The van der Waals surface area contributed by atoms with Gasteiger partial charge in [0.05, 0.1) is 22.1 Å². The smallest absolute Gasteiger partial charge is 0.238 e. The van der Waals surface area contributed by atoms with Gasteiger partial charge in [-0.15, -0.1) is 0 Å².